The summed E-state index contributed by atoms with van der Waals surface area (Å²) in [6, 6.07) is 0. The van der Waals surface area contributed by atoms with Crippen LogP contribution < -0.4 is 10.2 Å². The van der Waals surface area contributed by atoms with E-state index in [-0.39, 0.29) is 19.5 Å². The van der Waals surface area contributed by atoms with Crippen molar-refractivity contribution in [3.05, 3.63) is 0 Å². The van der Waals surface area contributed by atoms with Crippen molar-refractivity contribution in [2.75, 3.05) is 0 Å². The Kier molecular flexibility index (Phi) is 59.5. The van der Waals surface area contributed by atoms with Crippen LogP contribution in [-0.4, -0.2) is 9.59 Å². The first-order valence-corrected chi connectivity index (χ1v) is 4.08. The predicted octanol–water partition coefficient (Wildman–Crippen LogP) is -2.94. The molecule has 0 saturated heterocycles. The first-order chi connectivity index (χ1) is 2.83. The van der Waals surface area contributed by atoms with Gasteiger partial charge in [0.15, 0.2) is 0 Å². The third-order valence-corrected chi connectivity index (χ3v) is 0. The topological polar surface area (TPSA) is 46.1 Å². The predicted molar refractivity (Wildman–Crippen MR) is 10.0 cm³/mol. The summed E-state index contributed by atoms with van der Waals surface area (Å²) < 4.78 is 0. The van der Waals surface area contributed by atoms with Crippen LogP contribution in [0, 0.1) is 0 Å². The molecule has 0 radical (unpaired) electrons. The molecule has 0 bridgehead atoms. The molecule has 0 atom stereocenters. The van der Waals surface area contributed by atoms with Crippen LogP contribution in [0.2, 0.25) is 0 Å². The van der Waals surface area contributed by atoms with Gasteiger partial charge in [0.05, 0.1) is 0 Å². The smallest absolute Gasteiger partial charge is 0 e. The Hall–Kier alpha value is 1.35. The zero-order valence-electron chi connectivity index (χ0n) is 3.94. The summed E-state index contributed by atoms with van der Waals surface area (Å²) in [5, 5.41) is 17.5. The van der Waals surface area contributed by atoms with Crippen LogP contribution >= 0.6 is 0 Å². The van der Waals surface area contributed by atoms with E-state index in [1.807, 2.05) is 0 Å². The maximum Gasteiger partial charge on any atom is 0 e. The maximum atomic E-state index is 8.74. The van der Waals surface area contributed by atoms with Crippen LogP contribution in [0.1, 0.15) is 0 Å². The van der Waals surface area contributed by atoms with E-state index in [4.69, 9.17) is 10.2 Å². The van der Waals surface area contributed by atoms with Crippen molar-refractivity contribution in [1.82, 2.24) is 0 Å². The van der Waals surface area contributed by atoms with Crippen LogP contribution in [0.5, 0.6) is 0 Å². The molecule has 0 aromatic carbocycles. The zero-order chi connectivity index (χ0) is 5.41. The Bertz CT molecular complexity index is 31.9. The summed E-state index contributed by atoms with van der Waals surface area (Å²) >= 11 is 1.28. The average Bonchev–Trinajstić information content (AvgIpc) is 1.39. The van der Waals surface area contributed by atoms with E-state index in [0.717, 1.165) is 0 Å². The summed E-state index contributed by atoms with van der Waals surface area (Å²) in [7, 11) is 0. The number of hydrogen-bond acceptors (Lipinski definition) is 2. The fourth-order valence-electron chi connectivity index (χ4n) is 0. The quantitative estimate of drug-likeness (QED) is 0.342. The summed E-state index contributed by atoms with van der Waals surface area (Å²) in [4.78, 5) is 3.25. The molecule has 0 fully saturated rings. The molecule has 0 aliphatic carbocycles. The molecule has 0 spiro atoms. The average molecular weight is 252 g/mol. The molecule has 0 heterocycles. The second-order valence-electron chi connectivity index (χ2n) is 0.289. The summed E-state index contributed by atoms with van der Waals surface area (Å²) in [5.74, 6) is 0. The standard InChI is InChI=1S/2CO.3Zn/c2*1-2;;;. The van der Waals surface area contributed by atoms with Crippen molar-refractivity contribution < 1.29 is 65.4 Å². The Morgan fingerprint density at radius 1 is 1.00 bits per heavy atom. The van der Waals surface area contributed by atoms with Crippen molar-refractivity contribution in [2.45, 2.75) is 0 Å². The van der Waals surface area contributed by atoms with Gasteiger partial charge in [-0.1, -0.05) is 0 Å². The van der Waals surface area contributed by atoms with E-state index in [9.17, 15) is 0 Å². The largest absolute Gasteiger partial charge is 0 e. The molecule has 0 aromatic rings. The first-order valence-electron chi connectivity index (χ1n) is 1.12. The first kappa shape index (κ1) is 15.8. The third-order valence-electron chi connectivity index (χ3n) is 0. The summed E-state index contributed by atoms with van der Waals surface area (Å²) in [5.41, 5.74) is 0. The second-order valence-corrected chi connectivity index (χ2v) is 1.50. The van der Waals surface area contributed by atoms with Crippen LogP contribution in [0.15, 0.2) is 0 Å². The van der Waals surface area contributed by atoms with Gasteiger partial charge in [0.25, 0.3) is 0 Å². The maximum absolute atomic E-state index is 8.74. The Morgan fingerprint density at radius 3 is 1.00 bits per heavy atom. The van der Waals surface area contributed by atoms with Crippen LogP contribution in [0.4, 0.5) is 0 Å². The van der Waals surface area contributed by atoms with Crippen LogP contribution in [0.25, 0.3) is 0 Å². The SMILES string of the molecule is [O-][C+]=[Zn].[O-][C+]=[Zn].[Zn]. The van der Waals surface area contributed by atoms with Gasteiger partial charge in [-0.15, -0.1) is 0 Å². The molecule has 2 nitrogen and oxygen atoms in total. The molecule has 0 aromatic heterocycles. The van der Waals surface area contributed by atoms with Gasteiger partial charge in [-0.05, 0) is 0 Å². The fourth-order valence-corrected chi connectivity index (χ4v) is 0. The Balaban J connectivity index is -0.0000000400. The van der Waals surface area contributed by atoms with Crippen molar-refractivity contribution in [3.63, 3.8) is 0 Å². The molecule has 0 unspecified atom stereocenters. The Labute approximate surface area is 74.5 Å². The minimum atomic E-state index is 0. The molecule has 5 heteroatoms. The minimum absolute atomic E-state index is 0. The molecule has 0 aliphatic rings. The van der Waals surface area contributed by atoms with Gasteiger partial charge in [0.2, 0.25) is 0 Å². The van der Waals surface area contributed by atoms with Gasteiger partial charge in [-0.2, -0.15) is 0 Å². The molecule has 0 amide bonds. The monoisotopic (exact) mass is 248 g/mol. The van der Waals surface area contributed by atoms with Crippen molar-refractivity contribution >= 4 is 9.59 Å². The fraction of sp³-hybridized carbons (Fsp3) is 0. The second kappa shape index (κ2) is 26.4. The number of rotatable bonds is 0. The van der Waals surface area contributed by atoms with Gasteiger partial charge in [-0.3, -0.25) is 0 Å². The molecule has 0 saturated carbocycles. The number of hydrogen-bond donors (Lipinski definition) is 0. The minimum Gasteiger partial charge on any atom is 0 e. The summed E-state index contributed by atoms with van der Waals surface area (Å²) in [6.07, 6.45) is 0. The normalized spacial score (nSPS) is 3.14. The van der Waals surface area contributed by atoms with E-state index in [1.54, 1.807) is 9.59 Å². The molecule has 0 aliphatic heterocycles. The third kappa shape index (κ3) is 115. The van der Waals surface area contributed by atoms with Gasteiger partial charge in [-0.25, -0.2) is 0 Å². The molecule has 0 N–H and O–H groups in total. The zero-order valence-corrected chi connectivity index (χ0v) is 12.8. The van der Waals surface area contributed by atoms with E-state index in [0.29, 0.717) is 35.7 Å². The van der Waals surface area contributed by atoms with Gasteiger partial charge in [0.1, 0.15) is 0 Å². The van der Waals surface area contributed by atoms with E-state index < -0.39 is 0 Å². The van der Waals surface area contributed by atoms with Crippen molar-refractivity contribution in [2.24, 2.45) is 0 Å². The molecular weight excluding hydrogens is 252 g/mol. The van der Waals surface area contributed by atoms with E-state index in [1.165, 1.54) is 0 Å². The van der Waals surface area contributed by atoms with E-state index >= 15 is 0 Å². The molecule has 7 heavy (non-hydrogen) atoms. The van der Waals surface area contributed by atoms with Crippen LogP contribution in [-0.2, 0) is 55.2 Å². The summed E-state index contributed by atoms with van der Waals surface area (Å²) in [6.45, 7) is 0. The van der Waals surface area contributed by atoms with Crippen molar-refractivity contribution in [1.29, 1.82) is 0 Å². The van der Waals surface area contributed by atoms with Gasteiger partial charge < -0.3 is 0 Å². The van der Waals surface area contributed by atoms with Crippen LogP contribution in [0.3, 0.4) is 0 Å². The molecular formula is C2O2Zn3. The van der Waals surface area contributed by atoms with Crippen molar-refractivity contribution in [3.8, 4) is 0 Å². The van der Waals surface area contributed by atoms with E-state index in [2.05, 4.69) is 0 Å². The van der Waals surface area contributed by atoms with Gasteiger partial charge in [0, 0.05) is 19.5 Å². The molecule has 26 valence electrons. The van der Waals surface area contributed by atoms with Gasteiger partial charge >= 0.3 is 55.5 Å². The Morgan fingerprint density at radius 2 is 1.00 bits per heavy atom. The molecule has 0 rings (SSSR count).